The van der Waals surface area contributed by atoms with E-state index in [9.17, 15) is 9.59 Å². The number of carbonyl (C=O) groups is 2. The summed E-state index contributed by atoms with van der Waals surface area (Å²) in [6.45, 7) is 0.437. The highest BCUT2D eigenvalue weighted by atomic mass is 16.5. The number of nitrogens with one attached hydrogen (secondary N) is 1. The number of nitrogens with two attached hydrogens (primary N) is 1. The Kier molecular flexibility index (Phi) is 7.57. The number of amides is 1. The first-order valence-electron chi connectivity index (χ1n) is 4.84. The van der Waals surface area contributed by atoms with Crippen LogP contribution in [0.1, 0.15) is 19.3 Å². The first kappa shape index (κ1) is 13.9. The standard InChI is InChI=1S/C9H18N2O4/c1-15-9(14)7(12)6-11-8(13)4-2-3-5-10/h7,12H,2-6,10H2,1H3,(H,11,13). The SMILES string of the molecule is COC(=O)C(O)CNC(=O)CCCCN. The third-order valence-electron chi connectivity index (χ3n) is 1.82. The lowest BCUT2D eigenvalue weighted by Crippen LogP contribution is -2.37. The fourth-order valence-corrected chi connectivity index (χ4v) is 0.948. The fourth-order valence-electron chi connectivity index (χ4n) is 0.948. The lowest BCUT2D eigenvalue weighted by atomic mass is 10.2. The number of unbranched alkanes of at least 4 members (excludes halogenated alkanes) is 1. The molecule has 1 atom stereocenters. The van der Waals surface area contributed by atoms with Gasteiger partial charge in [-0.15, -0.1) is 0 Å². The maximum atomic E-state index is 11.1. The monoisotopic (exact) mass is 218 g/mol. The predicted octanol–water partition coefficient (Wildman–Crippen LogP) is -1.23. The van der Waals surface area contributed by atoms with Gasteiger partial charge in [0.1, 0.15) is 0 Å². The Morgan fingerprint density at radius 1 is 1.47 bits per heavy atom. The molecule has 6 nitrogen and oxygen atoms in total. The average Bonchev–Trinajstić information content (AvgIpc) is 2.25. The van der Waals surface area contributed by atoms with Gasteiger partial charge in [-0.25, -0.2) is 4.79 Å². The Labute approximate surface area is 88.8 Å². The summed E-state index contributed by atoms with van der Waals surface area (Å²) in [5.41, 5.74) is 5.26. The van der Waals surface area contributed by atoms with Gasteiger partial charge in [-0.3, -0.25) is 4.79 Å². The lowest BCUT2D eigenvalue weighted by Gasteiger charge is -2.09. The first-order valence-corrected chi connectivity index (χ1v) is 4.84. The third-order valence-corrected chi connectivity index (χ3v) is 1.82. The molecule has 0 aliphatic rings. The fraction of sp³-hybridized carbons (Fsp3) is 0.778. The minimum absolute atomic E-state index is 0.117. The summed E-state index contributed by atoms with van der Waals surface area (Å²) in [5, 5.41) is 11.6. The number of hydrogen-bond acceptors (Lipinski definition) is 5. The van der Waals surface area contributed by atoms with Crippen molar-refractivity contribution in [1.82, 2.24) is 5.32 Å². The van der Waals surface area contributed by atoms with E-state index in [-0.39, 0.29) is 12.5 Å². The van der Waals surface area contributed by atoms with Gasteiger partial charge in [-0.1, -0.05) is 0 Å². The highest BCUT2D eigenvalue weighted by molar-refractivity contribution is 5.78. The zero-order valence-corrected chi connectivity index (χ0v) is 8.86. The molecule has 0 saturated heterocycles. The summed E-state index contributed by atoms with van der Waals surface area (Å²) in [6, 6.07) is 0. The number of esters is 1. The van der Waals surface area contributed by atoms with E-state index in [2.05, 4.69) is 10.1 Å². The zero-order chi connectivity index (χ0) is 11.7. The molecule has 4 N–H and O–H groups in total. The van der Waals surface area contributed by atoms with Crippen LogP contribution in [0, 0.1) is 0 Å². The summed E-state index contributed by atoms with van der Waals surface area (Å²) in [4.78, 5) is 21.9. The Morgan fingerprint density at radius 3 is 2.67 bits per heavy atom. The van der Waals surface area contributed by atoms with E-state index in [4.69, 9.17) is 10.8 Å². The molecule has 0 aliphatic carbocycles. The number of rotatable bonds is 7. The quantitative estimate of drug-likeness (QED) is 0.366. The maximum absolute atomic E-state index is 11.1. The van der Waals surface area contributed by atoms with Crippen molar-refractivity contribution in [2.75, 3.05) is 20.2 Å². The summed E-state index contributed by atoms with van der Waals surface area (Å²) in [7, 11) is 1.18. The Balaban J connectivity index is 3.57. The molecule has 0 aromatic rings. The Hall–Kier alpha value is -1.14. The molecule has 0 spiro atoms. The summed E-state index contributed by atoms with van der Waals surface area (Å²) in [5.74, 6) is -0.955. The van der Waals surface area contributed by atoms with Gasteiger partial charge in [0.15, 0.2) is 6.10 Å². The van der Waals surface area contributed by atoms with Crippen LogP contribution in [0.4, 0.5) is 0 Å². The number of hydrogen-bond donors (Lipinski definition) is 3. The van der Waals surface area contributed by atoms with Crippen LogP contribution in [-0.4, -0.2) is 43.3 Å². The topological polar surface area (TPSA) is 102 Å². The molecule has 0 aromatic heterocycles. The molecule has 0 aromatic carbocycles. The van der Waals surface area contributed by atoms with E-state index in [1.165, 1.54) is 7.11 Å². The van der Waals surface area contributed by atoms with E-state index >= 15 is 0 Å². The van der Waals surface area contributed by atoms with E-state index in [0.29, 0.717) is 19.4 Å². The molecular weight excluding hydrogens is 200 g/mol. The molecule has 0 saturated carbocycles. The van der Waals surface area contributed by atoms with Gasteiger partial charge in [0.05, 0.1) is 13.7 Å². The molecule has 0 heterocycles. The van der Waals surface area contributed by atoms with Crippen molar-refractivity contribution in [2.45, 2.75) is 25.4 Å². The second-order valence-electron chi connectivity index (χ2n) is 3.09. The maximum Gasteiger partial charge on any atom is 0.336 e. The van der Waals surface area contributed by atoms with Crippen molar-refractivity contribution < 1.29 is 19.4 Å². The van der Waals surface area contributed by atoms with Crippen LogP contribution in [0.5, 0.6) is 0 Å². The molecule has 0 radical (unpaired) electrons. The number of ether oxygens (including phenoxy) is 1. The Bertz CT molecular complexity index is 208. The Morgan fingerprint density at radius 2 is 2.13 bits per heavy atom. The summed E-state index contributed by atoms with van der Waals surface area (Å²) in [6.07, 6.45) is 0.544. The van der Waals surface area contributed by atoms with Crippen molar-refractivity contribution in [3.05, 3.63) is 0 Å². The normalized spacial score (nSPS) is 11.9. The molecule has 15 heavy (non-hydrogen) atoms. The van der Waals surface area contributed by atoms with Gasteiger partial charge in [-0.2, -0.15) is 0 Å². The van der Waals surface area contributed by atoms with Crippen molar-refractivity contribution >= 4 is 11.9 Å². The van der Waals surface area contributed by atoms with Crippen LogP contribution < -0.4 is 11.1 Å². The van der Waals surface area contributed by atoms with Crippen molar-refractivity contribution in [3.63, 3.8) is 0 Å². The minimum Gasteiger partial charge on any atom is -0.467 e. The highest BCUT2D eigenvalue weighted by Gasteiger charge is 2.15. The second kappa shape index (κ2) is 8.19. The number of aliphatic hydroxyl groups is 1. The molecule has 0 fully saturated rings. The number of methoxy groups -OCH3 is 1. The molecular formula is C9H18N2O4. The zero-order valence-electron chi connectivity index (χ0n) is 8.86. The molecule has 1 unspecified atom stereocenters. The van der Waals surface area contributed by atoms with E-state index in [1.807, 2.05) is 0 Å². The highest BCUT2D eigenvalue weighted by Crippen LogP contribution is 1.93. The van der Waals surface area contributed by atoms with Crippen LogP contribution in [0.15, 0.2) is 0 Å². The smallest absolute Gasteiger partial charge is 0.336 e. The molecule has 88 valence electrons. The van der Waals surface area contributed by atoms with Crippen molar-refractivity contribution in [2.24, 2.45) is 5.73 Å². The predicted molar refractivity (Wildman–Crippen MR) is 53.9 cm³/mol. The first-order chi connectivity index (χ1) is 7.11. The number of carbonyl (C=O) groups excluding carboxylic acids is 2. The van der Waals surface area contributed by atoms with Crippen LogP contribution in [-0.2, 0) is 14.3 Å². The van der Waals surface area contributed by atoms with Gasteiger partial charge in [0, 0.05) is 6.42 Å². The molecule has 1 amide bonds. The van der Waals surface area contributed by atoms with Gasteiger partial charge >= 0.3 is 5.97 Å². The lowest BCUT2D eigenvalue weighted by molar-refractivity contribution is -0.150. The molecule has 0 bridgehead atoms. The largest absolute Gasteiger partial charge is 0.467 e. The van der Waals surface area contributed by atoms with Gasteiger partial charge < -0.3 is 20.9 Å². The molecule has 6 heteroatoms. The van der Waals surface area contributed by atoms with Gasteiger partial charge in [0.2, 0.25) is 5.91 Å². The van der Waals surface area contributed by atoms with Gasteiger partial charge in [-0.05, 0) is 19.4 Å². The van der Waals surface area contributed by atoms with Crippen molar-refractivity contribution in [1.29, 1.82) is 0 Å². The molecule has 0 rings (SSSR count). The van der Waals surface area contributed by atoms with E-state index in [0.717, 1.165) is 6.42 Å². The second-order valence-corrected chi connectivity index (χ2v) is 3.09. The third kappa shape index (κ3) is 6.87. The molecule has 0 aliphatic heterocycles. The average molecular weight is 218 g/mol. The van der Waals surface area contributed by atoms with Gasteiger partial charge in [0.25, 0.3) is 0 Å². The van der Waals surface area contributed by atoms with Crippen LogP contribution in [0.25, 0.3) is 0 Å². The summed E-state index contributed by atoms with van der Waals surface area (Å²) >= 11 is 0. The van der Waals surface area contributed by atoms with E-state index in [1.54, 1.807) is 0 Å². The summed E-state index contributed by atoms with van der Waals surface area (Å²) < 4.78 is 4.29. The van der Waals surface area contributed by atoms with Crippen LogP contribution in [0.3, 0.4) is 0 Å². The number of aliphatic hydroxyl groups excluding tert-OH is 1. The van der Waals surface area contributed by atoms with Crippen LogP contribution in [0.2, 0.25) is 0 Å². The van der Waals surface area contributed by atoms with Crippen LogP contribution >= 0.6 is 0 Å². The minimum atomic E-state index is -1.30. The van der Waals surface area contributed by atoms with E-state index < -0.39 is 12.1 Å². The van der Waals surface area contributed by atoms with Crippen molar-refractivity contribution in [3.8, 4) is 0 Å².